The van der Waals surface area contributed by atoms with Gasteiger partial charge in [0.15, 0.2) is 0 Å². The molecule has 2 rings (SSSR count). The van der Waals surface area contributed by atoms with Gasteiger partial charge in [-0.2, -0.15) is 13.2 Å². The van der Waals surface area contributed by atoms with Crippen LogP contribution in [0.5, 0.6) is 0 Å². The minimum Gasteiger partial charge on any atom is -0.166 e. The standard InChI is InChI=1S/C20H25F3/c1-4-15(3)17-7-5-6-16(9-11-17)13-18-10-8-14(2)12-19(18)20(21,22)23/h6,8,10,12,17H,3-5,7,9,11,13H2,1-2H3. The predicted molar refractivity (Wildman–Crippen MR) is 89.4 cm³/mol. The average molecular weight is 322 g/mol. The van der Waals surface area contributed by atoms with Gasteiger partial charge in [-0.05, 0) is 63.0 Å². The van der Waals surface area contributed by atoms with E-state index in [0.717, 1.165) is 37.7 Å². The first kappa shape index (κ1) is 17.8. The van der Waals surface area contributed by atoms with Crippen molar-refractivity contribution in [2.75, 3.05) is 0 Å². The summed E-state index contributed by atoms with van der Waals surface area (Å²) in [6.45, 7) is 7.95. The van der Waals surface area contributed by atoms with Gasteiger partial charge in [-0.1, -0.05) is 48.4 Å². The Morgan fingerprint density at radius 3 is 2.65 bits per heavy atom. The van der Waals surface area contributed by atoms with Crippen molar-refractivity contribution in [1.29, 1.82) is 0 Å². The van der Waals surface area contributed by atoms with Crippen LogP contribution in [0.3, 0.4) is 0 Å². The zero-order chi connectivity index (χ0) is 17.0. The Labute approximate surface area is 137 Å². The lowest BCUT2D eigenvalue weighted by atomic mass is 9.89. The van der Waals surface area contributed by atoms with Crippen molar-refractivity contribution in [3.05, 3.63) is 58.7 Å². The highest BCUT2D eigenvalue weighted by atomic mass is 19.4. The van der Waals surface area contributed by atoms with Gasteiger partial charge in [0.05, 0.1) is 5.56 Å². The number of hydrogen-bond donors (Lipinski definition) is 0. The Kier molecular flexibility index (Phi) is 5.72. The first-order valence-electron chi connectivity index (χ1n) is 8.33. The van der Waals surface area contributed by atoms with E-state index in [9.17, 15) is 13.2 Å². The Hall–Kier alpha value is -1.51. The summed E-state index contributed by atoms with van der Waals surface area (Å²) >= 11 is 0. The third-order valence-electron chi connectivity index (χ3n) is 4.78. The highest BCUT2D eigenvalue weighted by molar-refractivity contribution is 5.36. The van der Waals surface area contributed by atoms with Gasteiger partial charge in [0.2, 0.25) is 0 Å². The van der Waals surface area contributed by atoms with Crippen LogP contribution in [0.2, 0.25) is 0 Å². The van der Waals surface area contributed by atoms with Gasteiger partial charge in [-0.15, -0.1) is 0 Å². The topological polar surface area (TPSA) is 0 Å². The normalized spacial score (nSPS) is 19.2. The molecular weight excluding hydrogens is 297 g/mol. The van der Waals surface area contributed by atoms with Crippen LogP contribution in [-0.2, 0) is 12.6 Å². The first-order chi connectivity index (χ1) is 10.8. The molecule has 0 nitrogen and oxygen atoms in total. The molecule has 1 aliphatic rings. The molecule has 0 amide bonds. The number of hydrogen-bond acceptors (Lipinski definition) is 0. The Bertz CT molecular complexity index is 593. The summed E-state index contributed by atoms with van der Waals surface area (Å²) in [6.07, 6.45) is 3.12. The minimum absolute atomic E-state index is 0.391. The van der Waals surface area contributed by atoms with Crippen molar-refractivity contribution in [3.8, 4) is 0 Å². The number of halogens is 3. The van der Waals surface area contributed by atoms with Gasteiger partial charge >= 0.3 is 6.18 Å². The molecule has 1 unspecified atom stereocenters. The highest BCUT2D eigenvalue weighted by Gasteiger charge is 2.33. The summed E-state index contributed by atoms with van der Waals surface area (Å²) in [7, 11) is 0. The van der Waals surface area contributed by atoms with Crippen LogP contribution >= 0.6 is 0 Å². The molecule has 0 aromatic heterocycles. The van der Waals surface area contributed by atoms with Crippen LogP contribution in [0, 0.1) is 12.8 Å². The smallest absolute Gasteiger partial charge is 0.166 e. The molecule has 0 bridgehead atoms. The molecule has 23 heavy (non-hydrogen) atoms. The van der Waals surface area contributed by atoms with Crippen LogP contribution in [0.1, 0.15) is 55.7 Å². The summed E-state index contributed by atoms with van der Waals surface area (Å²) in [5.41, 5.74) is 2.95. The quantitative estimate of drug-likeness (QED) is 0.545. The third kappa shape index (κ3) is 4.73. The second-order valence-electron chi connectivity index (χ2n) is 6.52. The fourth-order valence-electron chi connectivity index (χ4n) is 3.31. The Morgan fingerprint density at radius 1 is 1.26 bits per heavy atom. The van der Waals surface area contributed by atoms with E-state index in [2.05, 4.69) is 19.6 Å². The molecule has 126 valence electrons. The summed E-state index contributed by atoms with van der Waals surface area (Å²) in [5.74, 6) is 0.508. The van der Waals surface area contributed by atoms with Crippen molar-refractivity contribution < 1.29 is 13.2 Å². The second-order valence-corrected chi connectivity index (χ2v) is 6.52. The summed E-state index contributed by atoms with van der Waals surface area (Å²) in [4.78, 5) is 0. The molecule has 0 heterocycles. The van der Waals surface area contributed by atoms with Crippen molar-refractivity contribution in [2.45, 2.75) is 58.5 Å². The molecule has 1 aromatic rings. The van der Waals surface area contributed by atoms with Crippen LogP contribution in [0.15, 0.2) is 42.0 Å². The van der Waals surface area contributed by atoms with Gasteiger partial charge < -0.3 is 0 Å². The number of rotatable bonds is 4. The highest BCUT2D eigenvalue weighted by Crippen LogP contribution is 2.35. The zero-order valence-electron chi connectivity index (χ0n) is 14.0. The molecule has 0 saturated heterocycles. The molecule has 0 radical (unpaired) electrons. The van der Waals surface area contributed by atoms with E-state index >= 15 is 0 Å². The number of alkyl halides is 3. The van der Waals surface area contributed by atoms with Gasteiger partial charge in [0, 0.05) is 0 Å². The average Bonchev–Trinajstić information content (AvgIpc) is 2.73. The molecule has 3 heteroatoms. The molecule has 0 saturated carbocycles. The van der Waals surface area contributed by atoms with Crippen molar-refractivity contribution >= 4 is 0 Å². The number of aryl methyl sites for hydroxylation is 1. The van der Waals surface area contributed by atoms with E-state index in [1.807, 2.05) is 0 Å². The van der Waals surface area contributed by atoms with E-state index in [1.54, 1.807) is 19.1 Å². The van der Waals surface area contributed by atoms with Gasteiger partial charge in [-0.25, -0.2) is 0 Å². The fraction of sp³-hybridized carbons (Fsp3) is 0.500. The lowest BCUT2D eigenvalue weighted by Crippen LogP contribution is -2.10. The second kappa shape index (κ2) is 7.37. The fourth-order valence-corrected chi connectivity index (χ4v) is 3.31. The van der Waals surface area contributed by atoms with Crippen LogP contribution in [-0.4, -0.2) is 0 Å². The molecule has 0 spiro atoms. The number of allylic oxidation sites excluding steroid dienone is 3. The van der Waals surface area contributed by atoms with E-state index < -0.39 is 11.7 Å². The maximum absolute atomic E-state index is 13.2. The minimum atomic E-state index is -4.29. The van der Waals surface area contributed by atoms with Gasteiger partial charge in [-0.3, -0.25) is 0 Å². The van der Waals surface area contributed by atoms with Crippen molar-refractivity contribution in [2.24, 2.45) is 5.92 Å². The van der Waals surface area contributed by atoms with Gasteiger partial charge in [0.25, 0.3) is 0 Å². The monoisotopic (exact) mass is 322 g/mol. The molecular formula is C20H25F3. The lowest BCUT2D eigenvalue weighted by Gasteiger charge is -2.17. The predicted octanol–water partition coefficient (Wildman–Crippen LogP) is 6.64. The Balaban J connectivity index is 2.14. The first-order valence-corrected chi connectivity index (χ1v) is 8.33. The summed E-state index contributed by atoms with van der Waals surface area (Å²) in [6, 6.07) is 4.66. The third-order valence-corrected chi connectivity index (χ3v) is 4.78. The van der Waals surface area contributed by atoms with Crippen LogP contribution < -0.4 is 0 Å². The molecule has 0 aliphatic heterocycles. The van der Waals surface area contributed by atoms with Crippen molar-refractivity contribution in [1.82, 2.24) is 0 Å². The van der Waals surface area contributed by atoms with Crippen LogP contribution in [0.25, 0.3) is 0 Å². The molecule has 1 atom stereocenters. The van der Waals surface area contributed by atoms with E-state index in [4.69, 9.17) is 0 Å². The van der Waals surface area contributed by atoms with E-state index in [1.165, 1.54) is 11.6 Å². The summed E-state index contributed by atoms with van der Waals surface area (Å²) < 4.78 is 39.7. The lowest BCUT2D eigenvalue weighted by molar-refractivity contribution is -0.138. The molecule has 0 fully saturated rings. The summed E-state index contributed by atoms with van der Waals surface area (Å²) in [5, 5.41) is 0. The SMILES string of the molecule is C=C(CC)C1CCC=C(Cc2ccc(C)cc2C(F)(F)F)CC1. The van der Waals surface area contributed by atoms with E-state index in [0.29, 0.717) is 23.5 Å². The maximum Gasteiger partial charge on any atom is 0.416 e. The number of benzene rings is 1. The van der Waals surface area contributed by atoms with Crippen molar-refractivity contribution in [3.63, 3.8) is 0 Å². The maximum atomic E-state index is 13.2. The molecule has 1 aliphatic carbocycles. The molecule has 1 aromatic carbocycles. The Morgan fingerprint density at radius 2 is 2.00 bits per heavy atom. The van der Waals surface area contributed by atoms with Crippen LogP contribution in [0.4, 0.5) is 13.2 Å². The van der Waals surface area contributed by atoms with Gasteiger partial charge in [0.1, 0.15) is 0 Å². The molecule has 0 N–H and O–H groups in total. The van der Waals surface area contributed by atoms with E-state index in [-0.39, 0.29) is 0 Å². The zero-order valence-corrected chi connectivity index (χ0v) is 14.0. The largest absolute Gasteiger partial charge is 0.416 e.